The van der Waals surface area contributed by atoms with Gasteiger partial charge in [0.1, 0.15) is 18.0 Å². The van der Waals surface area contributed by atoms with Gasteiger partial charge in [0.15, 0.2) is 0 Å². The van der Waals surface area contributed by atoms with Crippen LogP contribution in [0.1, 0.15) is 44.5 Å². The monoisotopic (exact) mass is 655 g/mol. The first-order valence-corrected chi connectivity index (χ1v) is 14.0. The number of ether oxygens (including phenoxy) is 3. The average Bonchev–Trinajstić information content (AvgIpc) is 2.95. The van der Waals surface area contributed by atoms with Gasteiger partial charge in [0, 0.05) is 12.7 Å². The number of halogens is 5. The van der Waals surface area contributed by atoms with Crippen molar-refractivity contribution in [1.82, 2.24) is 15.6 Å². The van der Waals surface area contributed by atoms with E-state index < -0.39 is 53.2 Å². The minimum Gasteiger partial charge on any atom is -0.445 e. The standard InChI is InChI=1S/C31H34ClF4N3O6/c1-28(2,3)45-26(40)37-17-30(42,31(34,35)36)25-15-21(14-24(38-25)20-11-12-23(33)22(32)13-20)29(4,18-43-5)39-27(41)44-16-19-9-7-6-8-10-19/h6-15,42H,16-18H2,1-5H3,(H,37,40)(H,39,41). The molecule has 0 spiro atoms. The van der Waals surface area contributed by atoms with E-state index >= 15 is 0 Å². The van der Waals surface area contributed by atoms with Crippen LogP contribution < -0.4 is 10.6 Å². The van der Waals surface area contributed by atoms with Crippen LogP contribution in [0.4, 0.5) is 27.2 Å². The Morgan fingerprint density at radius 2 is 1.64 bits per heavy atom. The summed E-state index contributed by atoms with van der Waals surface area (Å²) in [5.41, 5.74) is -6.65. The largest absolute Gasteiger partial charge is 0.445 e. The zero-order valence-corrected chi connectivity index (χ0v) is 26.0. The fourth-order valence-corrected chi connectivity index (χ4v) is 4.36. The van der Waals surface area contributed by atoms with Crippen LogP contribution in [0.5, 0.6) is 0 Å². The Hall–Kier alpha value is -3.94. The van der Waals surface area contributed by atoms with Crippen molar-refractivity contribution in [3.8, 4) is 11.3 Å². The molecule has 0 radical (unpaired) electrons. The maximum absolute atomic E-state index is 14.6. The van der Waals surface area contributed by atoms with Crippen molar-refractivity contribution in [3.63, 3.8) is 0 Å². The molecule has 45 heavy (non-hydrogen) atoms. The minimum absolute atomic E-state index is 0.00130. The molecule has 0 aliphatic heterocycles. The van der Waals surface area contributed by atoms with Crippen LogP contribution in [-0.2, 0) is 32.0 Å². The van der Waals surface area contributed by atoms with Gasteiger partial charge in [0.2, 0.25) is 5.60 Å². The lowest BCUT2D eigenvalue weighted by molar-refractivity contribution is -0.265. The molecule has 1 heterocycles. The van der Waals surface area contributed by atoms with Gasteiger partial charge >= 0.3 is 18.4 Å². The number of alkyl halides is 3. The van der Waals surface area contributed by atoms with Crippen molar-refractivity contribution in [2.24, 2.45) is 0 Å². The van der Waals surface area contributed by atoms with Gasteiger partial charge in [-0.05, 0) is 69.2 Å². The van der Waals surface area contributed by atoms with E-state index in [-0.39, 0.29) is 35.1 Å². The molecule has 2 amide bonds. The fourth-order valence-electron chi connectivity index (χ4n) is 4.18. The van der Waals surface area contributed by atoms with Crippen molar-refractivity contribution in [2.75, 3.05) is 20.3 Å². The van der Waals surface area contributed by atoms with Crippen LogP contribution in [0, 0.1) is 5.82 Å². The van der Waals surface area contributed by atoms with Crippen LogP contribution in [0.3, 0.4) is 0 Å². The van der Waals surface area contributed by atoms with Gasteiger partial charge in [-0.1, -0.05) is 41.9 Å². The Morgan fingerprint density at radius 3 is 2.22 bits per heavy atom. The van der Waals surface area contributed by atoms with E-state index in [1.165, 1.54) is 46.9 Å². The van der Waals surface area contributed by atoms with Crippen molar-refractivity contribution >= 4 is 23.8 Å². The third kappa shape index (κ3) is 9.28. The molecule has 0 saturated carbocycles. The van der Waals surface area contributed by atoms with Gasteiger partial charge in [-0.3, -0.25) is 0 Å². The summed E-state index contributed by atoms with van der Waals surface area (Å²) in [6, 6.07) is 14.4. The number of rotatable bonds is 10. The second-order valence-electron chi connectivity index (χ2n) is 11.4. The number of amides is 2. The van der Waals surface area contributed by atoms with Crippen molar-refractivity contribution in [1.29, 1.82) is 0 Å². The molecule has 2 unspecified atom stereocenters. The molecule has 0 bridgehead atoms. The molecule has 0 saturated heterocycles. The number of aromatic nitrogens is 1. The van der Waals surface area contributed by atoms with E-state index in [2.05, 4.69) is 10.3 Å². The number of aliphatic hydroxyl groups is 1. The zero-order valence-electron chi connectivity index (χ0n) is 25.2. The molecular formula is C31H34ClF4N3O6. The quantitative estimate of drug-likeness (QED) is 0.211. The van der Waals surface area contributed by atoms with Gasteiger partial charge in [-0.15, -0.1) is 0 Å². The van der Waals surface area contributed by atoms with E-state index in [9.17, 15) is 32.3 Å². The van der Waals surface area contributed by atoms with Gasteiger partial charge in [0.05, 0.1) is 35.1 Å². The molecule has 0 fully saturated rings. The molecular weight excluding hydrogens is 622 g/mol. The van der Waals surface area contributed by atoms with Crippen LogP contribution in [0.2, 0.25) is 5.02 Å². The topological polar surface area (TPSA) is 119 Å². The predicted octanol–water partition coefficient (Wildman–Crippen LogP) is 6.60. The van der Waals surface area contributed by atoms with Crippen LogP contribution in [0.25, 0.3) is 11.3 Å². The number of benzene rings is 2. The van der Waals surface area contributed by atoms with Gasteiger partial charge < -0.3 is 30.0 Å². The van der Waals surface area contributed by atoms with E-state index in [4.69, 9.17) is 25.8 Å². The predicted molar refractivity (Wildman–Crippen MR) is 158 cm³/mol. The van der Waals surface area contributed by atoms with Gasteiger partial charge in [-0.25, -0.2) is 19.0 Å². The number of hydrogen-bond acceptors (Lipinski definition) is 7. The lowest BCUT2D eigenvalue weighted by Crippen LogP contribution is -2.52. The molecule has 3 rings (SSSR count). The Bertz CT molecular complexity index is 1500. The number of hydrogen-bond donors (Lipinski definition) is 3. The molecule has 3 aromatic rings. The molecule has 0 aliphatic carbocycles. The third-order valence-corrected chi connectivity index (χ3v) is 6.77. The summed E-state index contributed by atoms with van der Waals surface area (Å²) >= 11 is 5.95. The maximum atomic E-state index is 14.6. The summed E-state index contributed by atoms with van der Waals surface area (Å²) < 4.78 is 73.5. The van der Waals surface area contributed by atoms with Crippen molar-refractivity contribution < 1.29 is 46.5 Å². The van der Waals surface area contributed by atoms with Gasteiger partial charge in [0.25, 0.3) is 0 Å². The van der Waals surface area contributed by atoms with E-state index in [0.29, 0.717) is 5.56 Å². The highest BCUT2D eigenvalue weighted by molar-refractivity contribution is 6.31. The summed E-state index contributed by atoms with van der Waals surface area (Å²) in [4.78, 5) is 29.2. The second kappa shape index (κ2) is 14.0. The molecule has 3 N–H and O–H groups in total. The Kier molecular flexibility index (Phi) is 11.1. The van der Waals surface area contributed by atoms with Crippen LogP contribution in [0.15, 0.2) is 60.7 Å². The average molecular weight is 656 g/mol. The number of methoxy groups -OCH3 is 1. The highest BCUT2D eigenvalue weighted by Gasteiger charge is 2.57. The first-order valence-electron chi connectivity index (χ1n) is 13.6. The smallest absolute Gasteiger partial charge is 0.424 e. The number of pyridine rings is 1. The van der Waals surface area contributed by atoms with Crippen molar-refractivity contribution in [2.45, 2.75) is 57.2 Å². The summed E-state index contributed by atoms with van der Waals surface area (Å²) in [6.45, 7) is 4.28. The maximum Gasteiger partial charge on any atom is 0.424 e. The van der Waals surface area contributed by atoms with Crippen molar-refractivity contribution in [3.05, 3.63) is 88.3 Å². The summed E-state index contributed by atoms with van der Waals surface area (Å²) in [5.74, 6) is -0.780. The van der Waals surface area contributed by atoms with E-state index in [0.717, 1.165) is 18.2 Å². The molecule has 0 aliphatic rings. The number of nitrogens with one attached hydrogen (secondary N) is 2. The number of alkyl carbamates (subject to hydrolysis) is 2. The highest BCUT2D eigenvalue weighted by atomic mass is 35.5. The van der Waals surface area contributed by atoms with E-state index in [1.807, 2.05) is 5.32 Å². The Labute approximate surface area is 262 Å². The molecule has 14 heteroatoms. The lowest BCUT2D eigenvalue weighted by atomic mass is 9.88. The molecule has 2 atom stereocenters. The molecule has 2 aromatic carbocycles. The summed E-state index contributed by atoms with van der Waals surface area (Å²) in [6.07, 6.45) is -7.50. The second-order valence-corrected chi connectivity index (χ2v) is 11.8. The fraction of sp³-hybridized carbons (Fsp3) is 0.387. The number of carbonyl (C=O) groups excluding carboxylic acids is 2. The Morgan fingerprint density at radius 1 is 0.978 bits per heavy atom. The lowest BCUT2D eigenvalue weighted by Gasteiger charge is -2.34. The SMILES string of the molecule is COCC(C)(NC(=O)OCc1ccccc1)c1cc(-c2ccc(F)c(Cl)c2)nc(C(O)(CNC(=O)OC(C)(C)C)C(F)(F)F)c1. The van der Waals surface area contributed by atoms with E-state index in [1.54, 1.807) is 30.3 Å². The number of carbonyl (C=O) groups is 2. The zero-order chi connectivity index (χ0) is 33.6. The summed E-state index contributed by atoms with van der Waals surface area (Å²) in [7, 11) is 1.31. The molecule has 244 valence electrons. The normalized spacial score (nSPS) is 14.6. The first-order chi connectivity index (χ1) is 20.9. The highest BCUT2D eigenvalue weighted by Crippen LogP contribution is 2.40. The van der Waals surface area contributed by atoms with Crippen LogP contribution in [-0.4, -0.2) is 54.3 Å². The molecule has 1 aromatic heterocycles. The Balaban J connectivity index is 2.12. The molecule has 9 nitrogen and oxygen atoms in total. The first kappa shape index (κ1) is 35.5. The van der Waals surface area contributed by atoms with Crippen LogP contribution >= 0.6 is 11.6 Å². The third-order valence-electron chi connectivity index (χ3n) is 6.48. The number of nitrogens with zero attached hydrogens (tertiary/aromatic N) is 1. The minimum atomic E-state index is -5.37. The summed E-state index contributed by atoms with van der Waals surface area (Å²) in [5, 5.41) is 15.4. The van der Waals surface area contributed by atoms with Gasteiger partial charge in [-0.2, -0.15) is 13.2 Å².